The Morgan fingerprint density at radius 3 is 2.30 bits per heavy atom. The van der Waals surface area contributed by atoms with E-state index < -0.39 is 10.0 Å². The largest absolute Gasteiger partial charge is 0.338 e. The van der Waals surface area contributed by atoms with E-state index in [0.717, 1.165) is 5.69 Å². The lowest BCUT2D eigenvalue weighted by molar-refractivity contribution is 0.588. The molecule has 4 aromatic rings. The number of nitrogens with one attached hydrogen (secondary N) is 2. The number of anilines is 2. The van der Waals surface area contributed by atoms with Crippen molar-refractivity contribution < 1.29 is 12.8 Å². The molecular weight excluding hydrogens is 407 g/mol. The van der Waals surface area contributed by atoms with E-state index >= 15 is 0 Å². The molecule has 0 saturated heterocycles. The third kappa shape index (κ3) is 3.62. The Hall–Kier alpha value is -3.37. The van der Waals surface area contributed by atoms with Crippen LogP contribution in [0.15, 0.2) is 53.4 Å². The second kappa shape index (κ2) is 7.47. The predicted molar refractivity (Wildman–Crippen MR) is 112 cm³/mol. The van der Waals surface area contributed by atoms with Crippen LogP contribution in [0.5, 0.6) is 0 Å². The standard InChI is InChI=1S/C20H19FN6O2S/c1-12-17-18(27(3)26-12)20(25-19(24-17)13-4-6-14(21)7-5-13)23-15-8-10-16(11-9-15)30(28,29)22-2/h4-11,22H,1-3H3,(H,23,24,25). The van der Waals surface area contributed by atoms with Gasteiger partial charge in [0.05, 0.1) is 10.6 Å². The van der Waals surface area contributed by atoms with Gasteiger partial charge < -0.3 is 5.32 Å². The highest BCUT2D eigenvalue weighted by Crippen LogP contribution is 2.29. The summed E-state index contributed by atoms with van der Waals surface area (Å²) < 4.78 is 41.1. The molecule has 0 unspecified atom stereocenters. The van der Waals surface area contributed by atoms with E-state index in [9.17, 15) is 12.8 Å². The monoisotopic (exact) mass is 426 g/mol. The number of halogens is 1. The molecule has 2 N–H and O–H groups in total. The van der Waals surface area contributed by atoms with E-state index in [2.05, 4.69) is 25.1 Å². The molecule has 154 valence electrons. The molecule has 2 heterocycles. The van der Waals surface area contributed by atoms with Crippen LogP contribution < -0.4 is 10.0 Å². The molecule has 0 aliphatic rings. The van der Waals surface area contributed by atoms with Gasteiger partial charge in [-0.1, -0.05) is 0 Å². The second-order valence-corrected chi connectivity index (χ2v) is 8.55. The molecule has 10 heteroatoms. The summed E-state index contributed by atoms with van der Waals surface area (Å²) in [6.07, 6.45) is 0. The van der Waals surface area contributed by atoms with Crippen LogP contribution in [0.3, 0.4) is 0 Å². The van der Waals surface area contributed by atoms with Gasteiger partial charge in [-0.3, -0.25) is 4.68 Å². The normalized spacial score (nSPS) is 11.7. The number of aromatic nitrogens is 4. The lowest BCUT2D eigenvalue weighted by Crippen LogP contribution is -2.18. The first-order valence-electron chi connectivity index (χ1n) is 9.06. The Morgan fingerprint density at radius 1 is 1.00 bits per heavy atom. The maximum Gasteiger partial charge on any atom is 0.240 e. The summed E-state index contributed by atoms with van der Waals surface area (Å²) in [5.41, 5.74) is 3.42. The Labute approximate surface area is 172 Å². The molecule has 8 nitrogen and oxygen atoms in total. The average Bonchev–Trinajstić information content (AvgIpc) is 3.03. The molecule has 0 aliphatic carbocycles. The molecule has 4 rings (SSSR count). The fourth-order valence-electron chi connectivity index (χ4n) is 3.12. The van der Waals surface area contributed by atoms with Gasteiger partial charge in [0.2, 0.25) is 10.0 Å². The van der Waals surface area contributed by atoms with Crippen molar-refractivity contribution in [1.82, 2.24) is 24.5 Å². The fourth-order valence-corrected chi connectivity index (χ4v) is 3.85. The van der Waals surface area contributed by atoms with Crippen LogP contribution >= 0.6 is 0 Å². The molecule has 0 spiro atoms. The molecule has 0 fully saturated rings. The van der Waals surface area contributed by atoms with Gasteiger partial charge in [0.1, 0.15) is 16.9 Å². The van der Waals surface area contributed by atoms with Crippen molar-refractivity contribution in [2.75, 3.05) is 12.4 Å². The minimum atomic E-state index is -3.52. The molecule has 0 radical (unpaired) electrons. The van der Waals surface area contributed by atoms with Gasteiger partial charge in [0.15, 0.2) is 11.6 Å². The molecule has 30 heavy (non-hydrogen) atoms. The Bertz CT molecular complexity index is 1330. The van der Waals surface area contributed by atoms with Crippen molar-refractivity contribution in [2.24, 2.45) is 7.05 Å². The smallest absolute Gasteiger partial charge is 0.240 e. The number of benzene rings is 2. The predicted octanol–water partition coefficient (Wildman–Crippen LogP) is 3.13. The summed E-state index contributed by atoms with van der Waals surface area (Å²) in [6, 6.07) is 12.2. The molecular formula is C20H19FN6O2S. The first-order chi connectivity index (χ1) is 14.3. The van der Waals surface area contributed by atoms with Gasteiger partial charge in [0.25, 0.3) is 0 Å². The Kier molecular flexibility index (Phi) is 4.96. The van der Waals surface area contributed by atoms with Gasteiger partial charge >= 0.3 is 0 Å². The van der Waals surface area contributed by atoms with Gasteiger partial charge in [0, 0.05) is 18.3 Å². The maximum absolute atomic E-state index is 13.3. The summed E-state index contributed by atoms with van der Waals surface area (Å²) in [4.78, 5) is 9.39. The molecule has 0 aliphatic heterocycles. The van der Waals surface area contributed by atoms with Gasteiger partial charge in [-0.25, -0.2) is 27.5 Å². The lowest BCUT2D eigenvalue weighted by atomic mass is 10.2. The summed E-state index contributed by atoms with van der Waals surface area (Å²) in [5.74, 6) is 0.592. The molecule has 0 saturated carbocycles. The van der Waals surface area contributed by atoms with E-state index in [-0.39, 0.29) is 10.7 Å². The van der Waals surface area contributed by atoms with Crippen molar-refractivity contribution in [3.05, 3.63) is 60.0 Å². The number of sulfonamides is 1. The summed E-state index contributed by atoms with van der Waals surface area (Å²) >= 11 is 0. The Balaban J connectivity index is 1.80. The maximum atomic E-state index is 13.3. The summed E-state index contributed by atoms with van der Waals surface area (Å²) in [6.45, 7) is 1.85. The third-order valence-corrected chi connectivity index (χ3v) is 6.08. The van der Waals surface area contributed by atoms with Gasteiger partial charge in [-0.15, -0.1) is 0 Å². The fraction of sp³-hybridized carbons (Fsp3) is 0.150. The molecule has 2 aromatic carbocycles. The van der Waals surface area contributed by atoms with E-state index in [1.165, 1.54) is 31.3 Å². The Morgan fingerprint density at radius 2 is 1.67 bits per heavy atom. The van der Waals surface area contributed by atoms with E-state index in [4.69, 9.17) is 0 Å². The zero-order chi connectivity index (χ0) is 21.5. The molecule has 0 atom stereocenters. The number of aryl methyl sites for hydroxylation is 2. The number of nitrogens with zero attached hydrogens (tertiary/aromatic N) is 4. The number of hydrogen-bond acceptors (Lipinski definition) is 6. The highest BCUT2D eigenvalue weighted by atomic mass is 32.2. The molecule has 0 bridgehead atoms. The van der Waals surface area contributed by atoms with Crippen molar-refractivity contribution in [2.45, 2.75) is 11.8 Å². The van der Waals surface area contributed by atoms with E-state index in [1.54, 1.807) is 36.0 Å². The van der Waals surface area contributed by atoms with Crippen molar-refractivity contribution in [1.29, 1.82) is 0 Å². The van der Waals surface area contributed by atoms with E-state index in [1.807, 2.05) is 6.92 Å². The number of fused-ring (bicyclic) bond motifs is 1. The average molecular weight is 426 g/mol. The summed E-state index contributed by atoms with van der Waals surface area (Å²) in [5, 5.41) is 7.64. The number of hydrogen-bond donors (Lipinski definition) is 2. The van der Waals surface area contributed by atoms with Crippen molar-refractivity contribution in [3.8, 4) is 11.4 Å². The van der Waals surface area contributed by atoms with Gasteiger partial charge in [-0.05, 0) is 62.5 Å². The van der Waals surface area contributed by atoms with Crippen LogP contribution in [0.1, 0.15) is 5.69 Å². The topological polar surface area (TPSA) is 102 Å². The van der Waals surface area contributed by atoms with Crippen LogP contribution in [-0.4, -0.2) is 35.2 Å². The highest BCUT2D eigenvalue weighted by molar-refractivity contribution is 7.89. The van der Waals surface area contributed by atoms with Crippen molar-refractivity contribution >= 4 is 32.6 Å². The minimum Gasteiger partial charge on any atom is -0.338 e. The van der Waals surface area contributed by atoms with Crippen LogP contribution in [0.2, 0.25) is 0 Å². The van der Waals surface area contributed by atoms with Crippen LogP contribution in [0.25, 0.3) is 22.4 Å². The zero-order valence-electron chi connectivity index (χ0n) is 16.5. The zero-order valence-corrected chi connectivity index (χ0v) is 17.3. The van der Waals surface area contributed by atoms with Crippen molar-refractivity contribution in [3.63, 3.8) is 0 Å². The van der Waals surface area contributed by atoms with Crippen LogP contribution in [0, 0.1) is 12.7 Å². The molecule has 2 aromatic heterocycles. The third-order valence-electron chi connectivity index (χ3n) is 4.65. The minimum absolute atomic E-state index is 0.159. The molecule has 0 amide bonds. The van der Waals surface area contributed by atoms with Crippen LogP contribution in [0.4, 0.5) is 15.9 Å². The highest BCUT2D eigenvalue weighted by Gasteiger charge is 2.17. The second-order valence-electron chi connectivity index (χ2n) is 6.67. The first-order valence-corrected chi connectivity index (χ1v) is 10.5. The number of rotatable bonds is 5. The van der Waals surface area contributed by atoms with Crippen LogP contribution in [-0.2, 0) is 17.1 Å². The van der Waals surface area contributed by atoms with Gasteiger partial charge in [-0.2, -0.15) is 5.10 Å². The lowest BCUT2D eigenvalue weighted by Gasteiger charge is -2.11. The van der Waals surface area contributed by atoms with E-state index in [0.29, 0.717) is 33.9 Å². The summed E-state index contributed by atoms with van der Waals surface area (Å²) in [7, 11) is -0.363. The quantitative estimate of drug-likeness (QED) is 0.508. The first kappa shape index (κ1) is 19.9. The SMILES string of the molecule is CNS(=O)(=O)c1ccc(Nc2nc(-c3ccc(F)cc3)nc3c(C)nn(C)c23)cc1.